The van der Waals surface area contributed by atoms with Crippen molar-refractivity contribution in [3.63, 3.8) is 0 Å². The maximum atomic E-state index is 12.3. The molecule has 1 aromatic rings. The number of hydrogen-bond acceptors (Lipinski definition) is 4. The largest absolute Gasteiger partial charge is 0.505 e. The molecule has 0 unspecified atom stereocenters. The number of pyridine rings is 1. The first-order valence-electron chi connectivity index (χ1n) is 6.77. The van der Waals surface area contributed by atoms with Crippen LogP contribution in [-0.4, -0.2) is 58.5 Å². The molecule has 0 radical (unpaired) electrons. The Bertz CT molecular complexity index is 442. The standard InChI is InChI=1S/C14H21N3O2/c1-3-17-9-6-11(7-10-17)16(2)14(19)13-12(18)5-4-8-15-13/h4-5,8,11,18H,3,6-7,9-10H2,1-2H3. The van der Waals surface area contributed by atoms with Crippen LogP contribution in [0.1, 0.15) is 30.3 Å². The summed E-state index contributed by atoms with van der Waals surface area (Å²) in [6.45, 7) is 5.26. The second kappa shape index (κ2) is 6.02. The number of aromatic nitrogens is 1. The predicted molar refractivity (Wildman–Crippen MR) is 73.1 cm³/mol. The van der Waals surface area contributed by atoms with E-state index >= 15 is 0 Å². The van der Waals surface area contributed by atoms with E-state index in [-0.39, 0.29) is 23.4 Å². The van der Waals surface area contributed by atoms with E-state index in [0.717, 1.165) is 32.5 Å². The normalized spacial score (nSPS) is 17.4. The van der Waals surface area contributed by atoms with Gasteiger partial charge in [0.05, 0.1) is 0 Å². The number of piperidine rings is 1. The Labute approximate surface area is 113 Å². The van der Waals surface area contributed by atoms with Gasteiger partial charge in [-0.05, 0) is 31.5 Å². The highest BCUT2D eigenvalue weighted by atomic mass is 16.3. The van der Waals surface area contributed by atoms with Crippen LogP contribution in [-0.2, 0) is 0 Å². The SMILES string of the molecule is CCN1CCC(N(C)C(=O)c2ncccc2O)CC1. The second-order valence-electron chi connectivity index (χ2n) is 4.95. The summed E-state index contributed by atoms with van der Waals surface area (Å²) in [5, 5.41) is 9.69. The topological polar surface area (TPSA) is 56.7 Å². The lowest BCUT2D eigenvalue weighted by atomic mass is 10.0. The quantitative estimate of drug-likeness (QED) is 0.894. The van der Waals surface area contributed by atoms with Gasteiger partial charge in [-0.1, -0.05) is 6.92 Å². The van der Waals surface area contributed by atoms with E-state index < -0.39 is 0 Å². The molecule has 0 bridgehead atoms. The third-order valence-electron chi connectivity index (χ3n) is 3.86. The summed E-state index contributed by atoms with van der Waals surface area (Å²) in [4.78, 5) is 20.4. The van der Waals surface area contributed by atoms with Crippen LogP contribution >= 0.6 is 0 Å². The fourth-order valence-electron chi connectivity index (χ4n) is 2.52. The zero-order valence-electron chi connectivity index (χ0n) is 11.5. The number of nitrogens with zero attached hydrogens (tertiary/aromatic N) is 3. The lowest BCUT2D eigenvalue weighted by Gasteiger charge is -2.36. The molecule has 0 saturated carbocycles. The molecule has 1 fully saturated rings. The molecular weight excluding hydrogens is 242 g/mol. The Kier molecular flexibility index (Phi) is 4.37. The molecule has 1 aliphatic heterocycles. The minimum Gasteiger partial charge on any atom is -0.505 e. The summed E-state index contributed by atoms with van der Waals surface area (Å²) in [7, 11) is 1.79. The summed E-state index contributed by atoms with van der Waals surface area (Å²) < 4.78 is 0. The minimum absolute atomic E-state index is 0.0506. The van der Waals surface area contributed by atoms with Crippen LogP contribution in [0.5, 0.6) is 5.75 Å². The highest BCUT2D eigenvalue weighted by Gasteiger charge is 2.27. The summed E-state index contributed by atoms with van der Waals surface area (Å²) in [5.74, 6) is -0.251. The van der Waals surface area contributed by atoms with Crippen LogP contribution in [0.15, 0.2) is 18.3 Å². The molecule has 0 atom stereocenters. The summed E-state index contributed by atoms with van der Waals surface area (Å²) >= 11 is 0. The Balaban J connectivity index is 2.02. The maximum absolute atomic E-state index is 12.3. The molecule has 5 heteroatoms. The molecule has 1 saturated heterocycles. The molecule has 1 aromatic heterocycles. The molecule has 0 aromatic carbocycles. The molecule has 2 heterocycles. The summed E-state index contributed by atoms with van der Waals surface area (Å²) in [5.41, 5.74) is 0.142. The van der Waals surface area contributed by atoms with E-state index in [0.29, 0.717) is 0 Å². The van der Waals surface area contributed by atoms with Crippen molar-refractivity contribution in [1.29, 1.82) is 0 Å². The molecule has 19 heavy (non-hydrogen) atoms. The van der Waals surface area contributed by atoms with Crippen LogP contribution < -0.4 is 0 Å². The van der Waals surface area contributed by atoms with Gasteiger partial charge in [-0.25, -0.2) is 4.98 Å². The number of carbonyl (C=O) groups is 1. The van der Waals surface area contributed by atoms with Crippen molar-refractivity contribution in [3.8, 4) is 5.75 Å². The zero-order valence-corrected chi connectivity index (χ0v) is 11.5. The van der Waals surface area contributed by atoms with Gasteiger partial charge in [-0.2, -0.15) is 0 Å². The maximum Gasteiger partial charge on any atom is 0.276 e. The Morgan fingerprint density at radius 3 is 2.79 bits per heavy atom. The number of likely N-dealkylation sites (tertiary alicyclic amines) is 1. The Morgan fingerprint density at radius 1 is 1.53 bits per heavy atom. The smallest absolute Gasteiger partial charge is 0.276 e. The molecule has 2 rings (SSSR count). The lowest BCUT2D eigenvalue weighted by Crippen LogP contribution is -2.45. The van der Waals surface area contributed by atoms with Gasteiger partial charge in [0.1, 0.15) is 5.75 Å². The average molecular weight is 263 g/mol. The fourth-order valence-corrected chi connectivity index (χ4v) is 2.52. The van der Waals surface area contributed by atoms with E-state index in [1.54, 1.807) is 18.0 Å². The fraction of sp³-hybridized carbons (Fsp3) is 0.571. The van der Waals surface area contributed by atoms with Gasteiger partial charge >= 0.3 is 0 Å². The summed E-state index contributed by atoms with van der Waals surface area (Å²) in [6, 6.07) is 3.34. The Hall–Kier alpha value is -1.62. The molecule has 1 N–H and O–H groups in total. The minimum atomic E-state index is -0.201. The van der Waals surface area contributed by atoms with E-state index in [9.17, 15) is 9.90 Å². The van der Waals surface area contributed by atoms with E-state index in [2.05, 4.69) is 16.8 Å². The van der Waals surface area contributed by atoms with Crippen molar-refractivity contribution in [2.45, 2.75) is 25.8 Å². The highest BCUT2D eigenvalue weighted by molar-refractivity contribution is 5.94. The number of rotatable bonds is 3. The van der Waals surface area contributed by atoms with Crippen molar-refractivity contribution in [3.05, 3.63) is 24.0 Å². The molecule has 1 aliphatic rings. The van der Waals surface area contributed by atoms with E-state index in [4.69, 9.17) is 0 Å². The molecular formula is C14H21N3O2. The summed E-state index contributed by atoms with van der Waals surface area (Å²) in [6.07, 6.45) is 3.48. The second-order valence-corrected chi connectivity index (χ2v) is 4.95. The van der Waals surface area contributed by atoms with Crippen LogP contribution in [0.4, 0.5) is 0 Å². The Morgan fingerprint density at radius 2 is 2.21 bits per heavy atom. The zero-order chi connectivity index (χ0) is 13.8. The molecule has 5 nitrogen and oxygen atoms in total. The number of carbonyl (C=O) groups excluding carboxylic acids is 1. The van der Waals surface area contributed by atoms with Crippen LogP contribution in [0.25, 0.3) is 0 Å². The van der Waals surface area contributed by atoms with Crippen molar-refractivity contribution < 1.29 is 9.90 Å². The first kappa shape index (κ1) is 13.8. The van der Waals surface area contributed by atoms with Gasteiger partial charge in [-0.15, -0.1) is 0 Å². The van der Waals surface area contributed by atoms with Crippen LogP contribution in [0.3, 0.4) is 0 Å². The number of amides is 1. The van der Waals surface area contributed by atoms with E-state index in [1.807, 2.05) is 0 Å². The third-order valence-corrected chi connectivity index (χ3v) is 3.86. The van der Waals surface area contributed by atoms with Gasteiger partial charge < -0.3 is 14.9 Å². The van der Waals surface area contributed by atoms with Crippen molar-refractivity contribution in [1.82, 2.24) is 14.8 Å². The third kappa shape index (κ3) is 3.04. The molecule has 0 aliphatic carbocycles. The number of aromatic hydroxyl groups is 1. The first-order valence-corrected chi connectivity index (χ1v) is 6.77. The van der Waals surface area contributed by atoms with Crippen molar-refractivity contribution in [2.24, 2.45) is 0 Å². The molecule has 1 amide bonds. The van der Waals surface area contributed by atoms with Crippen LogP contribution in [0.2, 0.25) is 0 Å². The van der Waals surface area contributed by atoms with Gasteiger partial charge in [0.2, 0.25) is 0 Å². The molecule has 0 spiro atoms. The lowest BCUT2D eigenvalue weighted by molar-refractivity contribution is 0.0638. The average Bonchev–Trinajstić information content (AvgIpc) is 2.46. The van der Waals surface area contributed by atoms with Gasteiger partial charge in [-0.3, -0.25) is 4.79 Å². The highest BCUT2D eigenvalue weighted by Crippen LogP contribution is 2.20. The number of hydrogen-bond donors (Lipinski definition) is 1. The van der Waals surface area contributed by atoms with Crippen molar-refractivity contribution in [2.75, 3.05) is 26.7 Å². The van der Waals surface area contributed by atoms with Gasteiger partial charge in [0.15, 0.2) is 5.69 Å². The van der Waals surface area contributed by atoms with E-state index in [1.165, 1.54) is 12.3 Å². The van der Waals surface area contributed by atoms with Gasteiger partial charge in [0, 0.05) is 32.4 Å². The monoisotopic (exact) mass is 263 g/mol. The van der Waals surface area contributed by atoms with Crippen molar-refractivity contribution >= 4 is 5.91 Å². The first-order chi connectivity index (χ1) is 9.13. The molecule has 104 valence electrons. The predicted octanol–water partition coefficient (Wildman–Crippen LogP) is 1.34. The van der Waals surface area contributed by atoms with Crippen LogP contribution in [0, 0.1) is 0 Å². The van der Waals surface area contributed by atoms with Gasteiger partial charge in [0.25, 0.3) is 5.91 Å².